The molecule has 1 atom stereocenters. The van der Waals surface area contributed by atoms with Crippen molar-refractivity contribution in [3.63, 3.8) is 0 Å². The van der Waals surface area contributed by atoms with E-state index in [2.05, 4.69) is 15.5 Å². The van der Waals surface area contributed by atoms with Crippen molar-refractivity contribution in [2.24, 2.45) is 0 Å². The minimum Gasteiger partial charge on any atom is -0.339 e. The van der Waals surface area contributed by atoms with E-state index in [1.54, 1.807) is 36.2 Å². The van der Waals surface area contributed by atoms with Crippen molar-refractivity contribution in [2.75, 3.05) is 11.9 Å². The molecule has 142 valence electrons. The number of rotatable bonds is 4. The van der Waals surface area contributed by atoms with Crippen LogP contribution in [0.25, 0.3) is 0 Å². The molecule has 4 rings (SSSR count). The fourth-order valence-corrected chi connectivity index (χ4v) is 3.51. The number of hydrogen-bond acceptors (Lipinski definition) is 3. The van der Waals surface area contributed by atoms with Gasteiger partial charge < -0.3 is 10.2 Å². The van der Waals surface area contributed by atoms with Crippen LogP contribution in [0.5, 0.6) is 0 Å². The van der Waals surface area contributed by atoms with E-state index in [-0.39, 0.29) is 17.5 Å². The van der Waals surface area contributed by atoms with Crippen LogP contribution in [-0.4, -0.2) is 35.1 Å². The van der Waals surface area contributed by atoms with Gasteiger partial charge in [-0.1, -0.05) is 48.5 Å². The lowest BCUT2D eigenvalue weighted by Crippen LogP contribution is -2.46. The molecule has 0 bridgehead atoms. The van der Waals surface area contributed by atoms with Crippen molar-refractivity contribution in [1.29, 1.82) is 0 Å². The molecule has 1 aliphatic rings. The van der Waals surface area contributed by atoms with Crippen molar-refractivity contribution >= 4 is 17.5 Å². The Morgan fingerprint density at radius 3 is 2.93 bits per heavy atom. The fraction of sp³-hybridized carbons (Fsp3) is 0.227. The van der Waals surface area contributed by atoms with E-state index >= 15 is 0 Å². The van der Waals surface area contributed by atoms with Crippen molar-refractivity contribution in [3.05, 3.63) is 83.2 Å². The van der Waals surface area contributed by atoms with Gasteiger partial charge in [-0.25, -0.2) is 0 Å². The molecular weight excluding hydrogens is 352 g/mol. The van der Waals surface area contributed by atoms with Crippen LogP contribution in [0.2, 0.25) is 0 Å². The zero-order chi connectivity index (χ0) is 20.4. The molecule has 1 aliphatic heterocycles. The molecule has 6 heteroatoms. The highest BCUT2D eigenvalue weighted by Crippen LogP contribution is 2.25. The largest absolute Gasteiger partial charge is 0.339 e. The molecule has 2 N–H and O–H groups in total. The number of benzene rings is 2. The van der Waals surface area contributed by atoms with Gasteiger partial charge in [0, 0.05) is 24.8 Å². The van der Waals surface area contributed by atoms with Gasteiger partial charge in [-0.05, 0) is 36.1 Å². The summed E-state index contributed by atoms with van der Waals surface area (Å²) in [7, 11) is 1.70. The zero-order valence-corrected chi connectivity index (χ0v) is 15.6. The van der Waals surface area contributed by atoms with Crippen LogP contribution in [0.3, 0.4) is 0 Å². The third-order valence-corrected chi connectivity index (χ3v) is 5.02. The molecule has 0 fully saturated rings. The number of aromatic amines is 1. The molecule has 0 radical (unpaired) electrons. The van der Waals surface area contributed by atoms with Gasteiger partial charge in [0.05, 0.1) is 1.37 Å². The smallest absolute Gasteiger partial charge is 0.272 e. The van der Waals surface area contributed by atoms with Gasteiger partial charge in [0.15, 0.2) is 0 Å². The summed E-state index contributed by atoms with van der Waals surface area (Å²) in [5, 5.41) is 9.83. The Morgan fingerprint density at radius 1 is 1.29 bits per heavy atom. The molecule has 0 saturated heterocycles. The number of nitrogens with one attached hydrogen (secondary N) is 2. The van der Waals surface area contributed by atoms with E-state index in [9.17, 15) is 9.59 Å². The number of amides is 2. The highest BCUT2D eigenvalue weighted by atomic mass is 16.2. The maximum atomic E-state index is 12.8. The summed E-state index contributed by atoms with van der Waals surface area (Å²) in [4.78, 5) is 27.1. The second-order valence-corrected chi connectivity index (χ2v) is 6.96. The average molecular weight is 375 g/mol. The van der Waals surface area contributed by atoms with Crippen molar-refractivity contribution in [1.82, 2.24) is 15.5 Å². The Balaban J connectivity index is 1.45. The molecule has 2 amide bonds. The van der Waals surface area contributed by atoms with Gasteiger partial charge in [-0.15, -0.1) is 0 Å². The zero-order valence-electron chi connectivity index (χ0n) is 16.6. The number of hydrogen-bond donors (Lipinski definition) is 2. The number of H-pyrrole nitrogens is 1. The molecule has 2 heterocycles. The standard InChI is InChI=1S/C22H22N4O2/c1-26-20-10-6-5-9-16(20)11-12-18(22(26)28)23-21(27)19-14-17(24-25-19)13-15-7-3-2-4-8-15/h2-10,14,18H,11-13H2,1H3,(H,23,27)(H,24,25)/t18-/m0/s1/i5D. The lowest BCUT2D eigenvalue weighted by atomic mass is 10.1. The molecule has 0 spiro atoms. The van der Waals surface area contributed by atoms with Gasteiger partial charge in [0.1, 0.15) is 11.7 Å². The van der Waals surface area contributed by atoms with E-state index in [0.29, 0.717) is 25.3 Å². The number of aryl methyl sites for hydroxylation is 1. The molecule has 3 aromatic rings. The summed E-state index contributed by atoms with van der Waals surface area (Å²) in [6, 6.07) is 16.6. The highest BCUT2D eigenvalue weighted by molar-refractivity contribution is 6.02. The number of anilines is 1. The quantitative estimate of drug-likeness (QED) is 0.736. The normalized spacial score (nSPS) is 16.9. The SMILES string of the molecule is [2H]c1ccc2c(c1)CC[C@H](NC(=O)c1cc(Cc3ccccc3)[nH]n1)C(=O)N2C. The van der Waals surface area contributed by atoms with Gasteiger partial charge in [0.2, 0.25) is 5.91 Å². The first kappa shape index (κ1) is 16.7. The fourth-order valence-electron chi connectivity index (χ4n) is 3.51. The second kappa shape index (κ2) is 7.68. The number of fused-ring (bicyclic) bond motifs is 1. The van der Waals surface area contributed by atoms with Crippen molar-refractivity contribution < 1.29 is 11.0 Å². The maximum Gasteiger partial charge on any atom is 0.272 e. The van der Waals surface area contributed by atoms with Crippen LogP contribution in [0, 0.1) is 0 Å². The monoisotopic (exact) mass is 375 g/mol. The predicted octanol–water partition coefficient (Wildman–Crippen LogP) is 2.71. The summed E-state index contributed by atoms with van der Waals surface area (Å²) in [6.07, 6.45) is 1.74. The van der Waals surface area contributed by atoms with E-state index < -0.39 is 6.04 Å². The van der Waals surface area contributed by atoms with Crippen LogP contribution in [0.15, 0.2) is 60.6 Å². The molecule has 0 saturated carbocycles. The lowest BCUT2D eigenvalue weighted by Gasteiger charge is -2.21. The average Bonchev–Trinajstić information content (AvgIpc) is 3.15. The van der Waals surface area contributed by atoms with Crippen LogP contribution < -0.4 is 10.2 Å². The van der Waals surface area contributed by atoms with Crippen molar-refractivity contribution in [2.45, 2.75) is 25.3 Å². The Hall–Kier alpha value is -3.41. The first-order valence-electron chi connectivity index (χ1n) is 9.77. The molecule has 6 nitrogen and oxygen atoms in total. The highest BCUT2D eigenvalue weighted by Gasteiger charge is 2.29. The van der Waals surface area contributed by atoms with Gasteiger partial charge in [0.25, 0.3) is 5.91 Å². The Morgan fingerprint density at radius 2 is 2.11 bits per heavy atom. The van der Waals surface area contributed by atoms with E-state index in [1.165, 1.54) is 0 Å². The van der Waals surface area contributed by atoms with Gasteiger partial charge in [-0.2, -0.15) is 5.10 Å². The number of carbonyl (C=O) groups excluding carboxylic acids is 2. The van der Waals surface area contributed by atoms with Crippen molar-refractivity contribution in [3.8, 4) is 0 Å². The molecule has 0 unspecified atom stereocenters. The maximum absolute atomic E-state index is 12.8. The third-order valence-electron chi connectivity index (χ3n) is 5.02. The number of carbonyl (C=O) groups is 2. The Labute approximate surface area is 165 Å². The summed E-state index contributed by atoms with van der Waals surface area (Å²) >= 11 is 0. The van der Waals surface area contributed by atoms with Crippen LogP contribution in [-0.2, 0) is 17.6 Å². The van der Waals surface area contributed by atoms with Crippen LogP contribution in [0.4, 0.5) is 5.69 Å². The summed E-state index contributed by atoms with van der Waals surface area (Å²) in [5.74, 6) is -0.547. The summed E-state index contributed by atoms with van der Waals surface area (Å²) in [6.45, 7) is 0. The van der Waals surface area contributed by atoms with E-state index in [1.807, 2.05) is 30.3 Å². The first-order valence-corrected chi connectivity index (χ1v) is 9.27. The minimum atomic E-state index is -0.636. The van der Waals surface area contributed by atoms with Gasteiger partial charge in [-0.3, -0.25) is 14.7 Å². The lowest BCUT2D eigenvalue weighted by molar-refractivity contribution is -0.120. The second-order valence-electron chi connectivity index (χ2n) is 6.96. The summed E-state index contributed by atoms with van der Waals surface area (Å²) in [5.41, 5.74) is 3.94. The molecule has 0 aliphatic carbocycles. The molecule has 1 aromatic heterocycles. The number of para-hydroxylation sites is 1. The van der Waals surface area contributed by atoms with E-state index in [0.717, 1.165) is 22.5 Å². The Bertz CT molecular complexity index is 1050. The topological polar surface area (TPSA) is 78.1 Å². The number of aromatic nitrogens is 2. The van der Waals surface area contributed by atoms with Gasteiger partial charge >= 0.3 is 0 Å². The van der Waals surface area contributed by atoms with E-state index in [4.69, 9.17) is 1.37 Å². The minimum absolute atomic E-state index is 0.171. The third kappa shape index (κ3) is 3.67. The molecule has 28 heavy (non-hydrogen) atoms. The Kier molecular flexibility index (Phi) is 4.59. The van der Waals surface area contributed by atoms with Crippen LogP contribution in [0.1, 0.15) is 35.1 Å². The number of nitrogens with zero attached hydrogens (tertiary/aromatic N) is 2. The summed E-state index contributed by atoms with van der Waals surface area (Å²) < 4.78 is 7.80. The predicted molar refractivity (Wildman–Crippen MR) is 107 cm³/mol. The molecule has 2 aromatic carbocycles. The van der Waals surface area contributed by atoms with Crippen LogP contribution >= 0.6 is 0 Å². The molecular formula is C22H22N4O2. The first-order chi connectivity index (χ1) is 14.0. The number of likely N-dealkylation sites (N-methyl/N-ethyl adjacent to an activating group) is 1.